The van der Waals surface area contributed by atoms with Crippen molar-refractivity contribution in [3.8, 4) is 0 Å². The molecule has 74 valence electrons. The summed E-state index contributed by atoms with van der Waals surface area (Å²) in [5, 5.41) is 12.8. The predicted octanol–water partition coefficient (Wildman–Crippen LogP) is 0.772. The summed E-state index contributed by atoms with van der Waals surface area (Å²) in [6.07, 6.45) is 0.764. The van der Waals surface area contributed by atoms with Gasteiger partial charge in [0.25, 0.3) is 0 Å². The first-order valence-corrected chi connectivity index (χ1v) is 4.46. The fourth-order valence-corrected chi connectivity index (χ4v) is 0.828. The maximum absolute atomic E-state index is 9.64. The van der Waals surface area contributed by atoms with Crippen molar-refractivity contribution in [3.63, 3.8) is 0 Å². The second kappa shape index (κ2) is 5.51. The van der Waals surface area contributed by atoms with E-state index in [2.05, 4.69) is 5.32 Å². The maximum Gasteiger partial charge on any atom is 0.0741 e. The van der Waals surface area contributed by atoms with Gasteiger partial charge in [-0.2, -0.15) is 0 Å². The molecule has 0 heterocycles. The predicted molar refractivity (Wildman–Crippen MR) is 50.3 cm³/mol. The Kier molecular flexibility index (Phi) is 5.46. The Hall–Kier alpha value is -0.120. The standard InChI is InChI=1S/C9H21NO2/c1-5-9(3,11)7-10-8(2)6-12-4/h8,10-11H,5-7H2,1-4H3. The lowest BCUT2D eigenvalue weighted by molar-refractivity contribution is 0.0492. The lowest BCUT2D eigenvalue weighted by Gasteiger charge is -2.24. The highest BCUT2D eigenvalue weighted by molar-refractivity contribution is 4.75. The third kappa shape index (κ3) is 5.52. The molecule has 0 aromatic heterocycles. The minimum Gasteiger partial charge on any atom is -0.389 e. The van der Waals surface area contributed by atoms with E-state index in [4.69, 9.17) is 4.74 Å². The number of rotatable bonds is 6. The molecule has 0 aliphatic carbocycles. The van der Waals surface area contributed by atoms with Gasteiger partial charge in [0.2, 0.25) is 0 Å². The van der Waals surface area contributed by atoms with Crippen LogP contribution in [0.1, 0.15) is 27.2 Å². The number of hydrogen-bond donors (Lipinski definition) is 2. The molecule has 12 heavy (non-hydrogen) atoms. The van der Waals surface area contributed by atoms with Crippen molar-refractivity contribution < 1.29 is 9.84 Å². The van der Waals surface area contributed by atoms with Crippen LogP contribution in [-0.2, 0) is 4.74 Å². The Labute approximate surface area is 75.1 Å². The summed E-state index contributed by atoms with van der Waals surface area (Å²) in [4.78, 5) is 0. The normalized spacial score (nSPS) is 18.8. The molecule has 3 nitrogen and oxygen atoms in total. The van der Waals surface area contributed by atoms with Crippen LogP contribution in [0.5, 0.6) is 0 Å². The largest absolute Gasteiger partial charge is 0.389 e. The summed E-state index contributed by atoms with van der Waals surface area (Å²) in [5.74, 6) is 0. The minimum absolute atomic E-state index is 0.299. The fraction of sp³-hybridized carbons (Fsp3) is 1.00. The van der Waals surface area contributed by atoms with E-state index in [0.29, 0.717) is 19.2 Å². The Morgan fingerprint density at radius 1 is 1.58 bits per heavy atom. The fourth-order valence-electron chi connectivity index (χ4n) is 0.828. The van der Waals surface area contributed by atoms with Gasteiger partial charge in [-0.05, 0) is 20.3 Å². The van der Waals surface area contributed by atoms with Gasteiger partial charge in [0.1, 0.15) is 0 Å². The summed E-state index contributed by atoms with van der Waals surface area (Å²) in [6, 6.07) is 0.299. The third-order valence-electron chi connectivity index (χ3n) is 2.01. The SMILES string of the molecule is CCC(C)(O)CNC(C)COC. The molecular formula is C9H21NO2. The second-order valence-electron chi connectivity index (χ2n) is 3.59. The molecule has 0 amide bonds. The van der Waals surface area contributed by atoms with Gasteiger partial charge in [0.05, 0.1) is 12.2 Å². The van der Waals surface area contributed by atoms with Crippen LogP contribution in [0, 0.1) is 0 Å². The van der Waals surface area contributed by atoms with E-state index in [0.717, 1.165) is 6.42 Å². The van der Waals surface area contributed by atoms with Crippen LogP contribution in [-0.4, -0.2) is 37.0 Å². The van der Waals surface area contributed by atoms with Crippen molar-refractivity contribution in [2.24, 2.45) is 0 Å². The average molecular weight is 175 g/mol. The molecule has 0 spiro atoms. The smallest absolute Gasteiger partial charge is 0.0741 e. The maximum atomic E-state index is 9.64. The molecule has 2 unspecified atom stereocenters. The first-order valence-electron chi connectivity index (χ1n) is 4.46. The van der Waals surface area contributed by atoms with Crippen molar-refractivity contribution >= 4 is 0 Å². The number of methoxy groups -OCH3 is 1. The first-order chi connectivity index (χ1) is 5.52. The molecule has 0 rings (SSSR count). The molecule has 0 radical (unpaired) electrons. The van der Waals surface area contributed by atoms with Gasteiger partial charge >= 0.3 is 0 Å². The van der Waals surface area contributed by atoms with Crippen molar-refractivity contribution in [1.82, 2.24) is 5.32 Å². The molecule has 0 bridgehead atoms. The van der Waals surface area contributed by atoms with Crippen LogP contribution in [0.25, 0.3) is 0 Å². The zero-order valence-electron chi connectivity index (χ0n) is 8.55. The minimum atomic E-state index is -0.595. The molecule has 3 heteroatoms. The second-order valence-corrected chi connectivity index (χ2v) is 3.59. The van der Waals surface area contributed by atoms with Gasteiger partial charge in [0, 0.05) is 19.7 Å². The molecule has 0 fully saturated rings. The van der Waals surface area contributed by atoms with E-state index in [1.807, 2.05) is 20.8 Å². The van der Waals surface area contributed by atoms with Gasteiger partial charge in [0.15, 0.2) is 0 Å². The van der Waals surface area contributed by atoms with Crippen molar-refractivity contribution in [2.45, 2.75) is 38.8 Å². The van der Waals surface area contributed by atoms with Gasteiger partial charge in [-0.25, -0.2) is 0 Å². The number of ether oxygens (including phenoxy) is 1. The van der Waals surface area contributed by atoms with E-state index in [9.17, 15) is 5.11 Å². The van der Waals surface area contributed by atoms with Crippen LogP contribution in [0.3, 0.4) is 0 Å². The van der Waals surface area contributed by atoms with Crippen molar-refractivity contribution in [3.05, 3.63) is 0 Å². The van der Waals surface area contributed by atoms with Gasteiger partial charge in [-0.15, -0.1) is 0 Å². The van der Waals surface area contributed by atoms with Crippen LogP contribution in [0.15, 0.2) is 0 Å². The Bertz CT molecular complexity index is 115. The van der Waals surface area contributed by atoms with E-state index in [-0.39, 0.29) is 0 Å². The highest BCUT2D eigenvalue weighted by atomic mass is 16.5. The highest BCUT2D eigenvalue weighted by Gasteiger charge is 2.17. The Balaban J connectivity index is 3.52. The summed E-state index contributed by atoms with van der Waals surface area (Å²) in [7, 11) is 1.68. The average Bonchev–Trinajstić information content (AvgIpc) is 2.02. The number of aliphatic hydroxyl groups is 1. The molecule has 2 atom stereocenters. The molecule has 0 aliphatic heterocycles. The number of nitrogens with one attached hydrogen (secondary N) is 1. The summed E-state index contributed by atoms with van der Waals surface area (Å²) >= 11 is 0. The lowest BCUT2D eigenvalue weighted by Crippen LogP contribution is -2.42. The molecule has 0 aromatic carbocycles. The Morgan fingerprint density at radius 3 is 2.58 bits per heavy atom. The third-order valence-corrected chi connectivity index (χ3v) is 2.01. The van der Waals surface area contributed by atoms with Crippen molar-refractivity contribution in [1.29, 1.82) is 0 Å². The molecular weight excluding hydrogens is 154 g/mol. The summed E-state index contributed by atoms with van der Waals surface area (Å²) < 4.78 is 4.96. The molecule has 0 aromatic rings. The zero-order chi connectivity index (χ0) is 9.61. The van der Waals surface area contributed by atoms with Gasteiger partial charge in [-0.1, -0.05) is 6.92 Å². The lowest BCUT2D eigenvalue weighted by atomic mass is 10.0. The van der Waals surface area contributed by atoms with Gasteiger partial charge < -0.3 is 15.2 Å². The first kappa shape index (κ1) is 11.9. The summed E-state index contributed by atoms with van der Waals surface area (Å²) in [6.45, 7) is 7.14. The van der Waals surface area contributed by atoms with Crippen LogP contribution in [0.2, 0.25) is 0 Å². The molecule has 2 N–H and O–H groups in total. The van der Waals surface area contributed by atoms with Crippen LogP contribution < -0.4 is 5.32 Å². The molecule has 0 aliphatic rings. The van der Waals surface area contributed by atoms with E-state index in [1.165, 1.54) is 0 Å². The highest BCUT2D eigenvalue weighted by Crippen LogP contribution is 2.06. The van der Waals surface area contributed by atoms with Gasteiger partial charge in [-0.3, -0.25) is 0 Å². The van der Waals surface area contributed by atoms with E-state index >= 15 is 0 Å². The van der Waals surface area contributed by atoms with E-state index < -0.39 is 5.60 Å². The summed E-state index contributed by atoms with van der Waals surface area (Å²) in [5.41, 5.74) is -0.595. The van der Waals surface area contributed by atoms with Crippen molar-refractivity contribution in [2.75, 3.05) is 20.3 Å². The quantitative estimate of drug-likeness (QED) is 0.626. The zero-order valence-corrected chi connectivity index (χ0v) is 8.55. The monoisotopic (exact) mass is 175 g/mol. The molecule has 0 saturated heterocycles. The van der Waals surface area contributed by atoms with E-state index in [1.54, 1.807) is 7.11 Å². The Morgan fingerprint density at radius 2 is 2.17 bits per heavy atom. The molecule has 0 saturated carbocycles. The topological polar surface area (TPSA) is 41.5 Å². The number of hydrogen-bond acceptors (Lipinski definition) is 3. The van der Waals surface area contributed by atoms with Crippen LogP contribution >= 0.6 is 0 Å². The van der Waals surface area contributed by atoms with Crippen LogP contribution in [0.4, 0.5) is 0 Å².